The minimum Gasteiger partial charge on any atom is -0.308 e. The number of rotatable bonds is 5. The maximum atomic E-state index is 13.7. The molecule has 0 radical (unpaired) electrons. The minimum absolute atomic E-state index is 0.00589. The van der Waals surface area contributed by atoms with Crippen LogP contribution in [0.4, 0.5) is 10.2 Å². The van der Waals surface area contributed by atoms with Crippen LogP contribution >= 0.6 is 0 Å². The van der Waals surface area contributed by atoms with Gasteiger partial charge in [-0.1, -0.05) is 18.2 Å². The Labute approximate surface area is 122 Å². The Morgan fingerprint density at radius 3 is 2.67 bits per heavy atom. The van der Waals surface area contributed by atoms with Crippen LogP contribution in [0.25, 0.3) is 0 Å². The van der Waals surface area contributed by atoms with E-state index in [-0.39, 0.29) is 16.3 Å². The summed E-state index contributed by atoms with van der Waals surface area (Å²) < 4.78 is 40.6. The highest BCUT2D eigenvalue weighted by Crippen LogP contribution is 2.20. The Morgan fingerprint density at radius 2 is 2.00 bits per heavy atom. The average Bonchev–Trinajstić information content (AvgIpc) is 2.47. The molecule has 0 bridgehead atoms. The predicted octanol–water partition coefficient (Wildman–Crippen LogP) is 1.55. The topological polar surface area (TPSA) is 97.1 Å². The van der Waals surface area contributed by atoms with Crippen molar-refractivity contribution in [1.82, 2.24) is 9.71 Å². The van der Waals surface area contributed by atoms with E-state index in [0.717, 1.165) is 0 Å². The van der Waals surface area contributed by atoms with Gasteiger partial charge in [0.25, 0.3) is 0 Å². The summed E-state index contributed by atoms with van der Waals surface area (Å²) in [6.45, 7) is 1.57. The zero-order chi connectivity index (χ0) is 15.5. The minimum atomic E-state index is -3.81. The van der Waals surface area contributed by atoms with Gasteiger partial charge in [0.1, 0.15) is 11.6 Å². The first-order valence-corrected chi connectivity index (χ1v) is 7.62. The zero-order valence-electron chi connectivity index (χ0n) is 11.2. The quantitative estimate of drug-likeness (QED) is 0.575. The molecule has 0 aliphatic rings. The van der Waals surface area contributed by atoms with E-state index < -0.39 is 21.9 Å². The Bertz CT molecular complexity index is 736. The Morgan fingerprint density at radius 1 is 1.29 bits per heavy atom. The van der Waals surface area contributed by atoms with Gasteiger partial charge < -0.3 is 5.43 Å². The summed E-state index contributed by atoms with van der Waals surface area (Å²) in [6, 6.07) is 7.91. The standard InChI is InChI=1S/C13H15FN4O2S/c1-9(11-4-2-3-5-12(11)14)18-21(19,20)10-6-7-16-13(8-10)17-15/h2-9,18H,15H2,1H3,(H,16,17). The summed E-state index contributed by atoms with van der Waals surface area (Å²) in [4.78, 5) is 3.83. The van der Waals surface area contributed by atoms with Crippen molar-refractivity contribution >= 4 is 15.8 Å². The molecular formula is C13H15FN4O2S. The van der Waals surface area contributed by atoms with Crippen LogP contribution < -0.4 is 16.0 Å². The Hall–Kier alpha value is -2.03. The van der Waals surface area contributed by atoms with Crippen LogP contribution in [0.2, 0.25) is 0 Å². The summed E-state index contributed by atoms with van der Waals surface area (Å²) >= 11 is 0. The molecule has 0 aliphatic heterocycles. The first-order valence-electron chi connectivity index (χ1n) is 6.13. The van der Waals surface area contributed by atoms with Crippen LogP contribution in [0.1, 0.15) is 18.5 Å². The van der Waals surface area contributed by atoms with Crippen LogP contribution in [0.15, 0.2) is 47.5 Å². The molecule has 4 N–H and O–H groups in total. The van der Waals surface area contributed by atoms with Crippen molar-refractivity contribution in [2.24, 2.45) is 5.84 Å². The molecule has 0 fully saturated rings. The van der Waals surface area contributed by atoms with Crippen LogP contribution in [-0.2, 0) is 10.0 Å². The molecule has 1 aromatic carbocycles. The van der Waals surface area contributed by atoms with Crippen molar-refractivity contribution in [3.63, 3.8) is 0 Å². The maximum Gasteiger partial charge on any atom is 0.241 e. The second-order valence-corrected chi connectivity index (χ2v) is 6.10. The summed E-state index contributed by atoms with van der Waals surface area (Å²) in [5.41, 5.74) is 2.54. The largest absolute Gasteiger partial charge is 0.308 e. The Kier molecular flexibility index (Phi) is 4.51. The van der Waals surface area contributed by atoms with E-state index >= 15 is 0 Å². The van der Waals surface area contributed by atoms with Gasteiger partial charge in [0.2, 0.25) is 10.0 Å². The van der Waals surface area contributed by atoms with Gasteiger partial charge in [0.15, 0.2) is 0 Å². The van der Waals surface area contributed by atoms with Crippen LogP contribution in [-0.4, -0.2) is 13.4 Å². The molecule has 1 heterocycles. The number of aromatic nitrogens is 1. The number of hydrogen-bond donors (Lipinski definition) is 3. The number of nitrogens with two attached hydrogens (primary N) is 1. The number of benzene rings is 1. The number of nitrogen functional groups attached to an aromatic ring is 1. The number of anilines is 1. The number of pyridine rings is 1. The molecule has 1 aromatic heterocycles. The van der Waals surface area contributed by atoms with Gasteiger partial charge in [0.05, 0.1) is 4.90 Å². The zero-order valence-corrected chi connectivity index (χ0v) is 12.1. The highest BCUT2D eigenvalue weighted by molar-refractivity contribution is 7.89. The SMILES string of the molecule is CC(NS(=O)(=O)c1ccnc(NN)c1)c1ccccc1F. The van der Waals surface area contributed by atoms with E-state index in [0.29, 0.717) is 0 Å². The molecule has 0 amide bonds. The smallest absolute Gasteiger partial charge is 0.241 e. The van der Waals surface area contributed by atoms with E-state index in [1.165, 1.54) is 30.5 Å². The average molecular weight is 310 g/mol. The van der Waals surface area contributed by atoms with Crippen molar-refractivity contribution in [3.05, 3.63) is 54.0 Å². The van der Waals surface area contributed by atoms with E-state index in [2.05, 4.69) is 15.1 Å². The normalized spacial score (nSPS) is 12.9. The van der Waals surface area contributed by atoms with Gasteiger partial charge in [-0.25, -0.2) is 28.4 Å². The van der Waals surface area contributed by atoms with E-state index in [1.807, 2.05) is 0 Å². The second kappa shape index (κ2) is 6.17. The number of sulfonamides is 1. The van der Waals surface area contributed by atoms with Gasteiger partial charge in [-0.2, -0.15) is 0 Å². The van der Waals surface area contributed by atoms with Gasteiger partial charge in [-0.3, -0.25) is 0 Å². The molecule has 21 heavy (non-hydrogen) atoms. The predicted molar refractivity (Wildman–Crippen MR) is 77.2 cm³/mol. The number of halogens is 1. The van der Waals surface area contributed by atoms with E-state index in [9.17, 15) is 12.8 Å². The molecule has 6 nitrogen and oxygen atoms in total. The first-order chi connectivity index (χ1) is 9.94. The summed E-state index contributed by atoms with van der Waals surface area (Å²) in [6.07, 6.45) is 1.32. The Balaban J connectivity index is 2.27. The number of nitrogens with zero attached hydrogens (tertiary/aromatic N) is 1. The molecule has 2 aromatic rings. The second-order valence-electron chi connectivity index (χ2n) is 4.39. The van der Waals surface area contributed by atoms with Crippen molar-refractivity contribution in [3.8, 4) is 0 Å². The van der Waals surface area contributed by atoms with Crippen LogP contribution in [0.5, 0.6) is 0 Å². The number of hydrazine groups is 1. The van der Waals surface area contributed by atoms with Crippen molar-refractivity contribution in [1.29, 1.82) is 0 Å². The molecule has 0 spiro atoms. The molecule has 0 aliphatic carbocycles. The fourth-order valence-electron chi connectivity index (χ4n) is 1.85. The number of nitrogens with one attached hydrogen (secondary N) is 2. The van der Waals surface area contributed by atoms with Crippen molar-refractivity contribution in [2.75, 3.05) is 5.43 Å². The fraction of sp³-hybridized carbons (Fsp3) is 0.154. The summed E-state index contributed by atoms with van der Waals surface area (Å²) in [7, 11) is -3.81. The maximum absolute atomic E-state index is 13.7. The van der Waals surface area contributed by atoms with Crippen LogP contribution in [0, 0.1) is 5.82 Å². The van der Waals surface area contributed by atoms with Gasteiger partial charge in [-0.15, -0.1) is 0 Å². The van der Waals surface area contributed by atoms with Crippen molar-refractivity contribution in [2.45, 2.75) is 17.9 Å². The highest BCUT2D eigenvalue weighted by Gasteiger charge is 2.20. The lowest BCUT2D eigenvalue weighted by atomic mass is 10.1. The molecule has 0 saturated heterocycles. The molecule has 1 atom stereocenters. The summed E-state index contributed by atoms with van der Waals surface area (Å²) in [5.74, 6) is 4.95. The molecule has 112 valence electrons. The third-order valence-electron chi connectivity index (χ3n) is 2.89. The number of hydrogen-bond acceptors (Lipinski definition) is 5. The molecule has 2 rings (SSSR count). The fourth-order valence-corrected chi connectivity index (χ4v) is 3.08. The first kappa shape index (κ1) is 15.4. The lowest BCUT2D eigenvalue weighted by Gasteiger charge is -2.15. The van der Waals surface area contributed by atoms with Crippen molar-refractivity contribution < 1.29 is 12.8 Å². The van der Waals surface area contributed by atoms with Crippen LogP contribution in [0.3, 0.4) is 0 Å². The lowest BCUT2D eigenvalue weighted by Crippen LogP contribution is -2.27. The van der Waals surface area contributed by atoms with Gasteiger partial charge in [0, 0.05) is 23.9 Å². The molecule has 0 saturated carbocycles. The monoisotopic (exact) mass is 310 g/mol. The third-order valence-corrected chi connectivity index (χ3v) is 4.43. The molecule has 1 unspecified atom stereocenters. The third kappa shape index (κ3) is 3.54. The van der Waals surface area contributed by atoms with E-state index in [4.69, 9.17) is 5.84 Å². The summed E-state index contributed by atoms with van der Waals surface area (Å²) in [5, 5.41) is 0. The van der Waals surface area contributed by atoms with Gasteiger partial charge in [-0.05, 0) is 19.1 Å². The molecule has 8 heteroatoms. The highest BCUT2D eigenvalue weighted by atomic mass is 32.2. The van der Waals surface area contributed by atoms with E-state index in [1.54, 1.807) is 19.1 Å². The molecular weight excluding hydrogens is 295 g/mol. The van der Waals surface area contributed by atoms with Gasteiger partial charge >= 0.3 is 0 Å². The lowest BCUT2D eigenvalue weighted by molar-refractivity contribution is 0.550.